The lowest BCUT2D eigenvalue weighted by molar-refractivity contribution is 0.701. The number of hydrogen-bond acceptors (Lipinski definition) is 5. The Labute approximate surface area is 150 Å². The molecule has 0 unspecified atom stereocenters. The van der Waals surface area contributed by atoms with Gasteiger partial charge in [-0.3, -0.25) is 23.1 Å². The lowest BCUT2D eigenvalue weighted by Gasteiger charge is -2.08. The van der Waals surface area contributed by atoms with Crippen molar-refractivity contribution < 1.29 is 0 Å². The van der Waals surface area contributed by atoms with E-state index in [0.717, 1.165) is 4.57 Å². The summed E-state index contributed by atoms with van der Waals surface area (Å²) in [6.45, 7) is 0.0728. The highest BCUT2D eigenvalue weighted by molar-refractivity contribution is 6.29. The van der Waals surface area contributed by atoms with Gasteiger partial charge in [0.05, 0.1) is 12.2 Å². The monoisotopic (exact) mass is 372 g/mol. The SMILES string of the molecule is Cn1c(=O)c2c(nc(Cl)n2Cc2cc(=O)n3ccccc3n2)n(C)c1=O. The van der Waals surface area contributed by atoms with Crippen LogP contribution in [0.1, 0.15) is 5.69 Å². The highest BCUT2D eigenvalue weighted by Crippen LogP contribution is 2.17. The van der Waals surface area contributed by atoms with Gasteiger partial charge in [-0.25, -0.2) is 9.78 Å². The zero-order valence-electron chi connectivity index (χ0n) is 13.9. The van der Waals surface area contributed by atoms with Crippen LogP contribution in [0.2, 0.25) is 5.28 Å². The number of nitrogens with zero attached hydrogens (tertiary/aromatic N) is 6. The van der Waals surface area contributed by atoms with Crippen LogP contribution < -0.4 is 16.8 Å². The van der Waals surface area contributed by atoms with E-state index in [1.54, 1.807) is 24.4 Å². The minimum atomic E-state index is -0.514. The quantitative estimate of drug-likeness (QED) is 0.466. The van der Waals surface area contributed by atoms with Gasteiger partial charge in [-0.05, 0) is 23.7 Å². The van der Waals surface area contributed by atoms with Crippen LogP contribution in [0.5, 0.6) is 0 Å². The molecule has 0 fully saturated rings. The largest absolute Gasteiger partial charge is 0.332 e. The highest BCUT2D eigenvalue weighted by atomic mass is 35.5. The molecule has 4 aromatic heterocycles. The minimum absolute atomic E-state index is 0.0355. The molecule has 0 aliphatic heterocycles. The number of aromatic nitrogens is 6. The molecule has 0 aliphatic rings. The molecular formula is C16H13ClN6O3. The van der Waals surface area contributed by atoms with E-state index in [1.165, 1.54) is 33.7 Å². The number of rotatable bonds is 2. The molecule has 0 atom stereocenters. The minimum Gasteiger partial charge on any atom is -0.303 e. The van der Waals surface area contributed by atoms with Crippen LogP contribution in [0.25, 0.3) is 16.8 Å². The van der Waals surface area contributed by atoms with Gasteiger partial charge in [0.25, 0.3) is 11.1 Å². The molecule has 10 heteroatoms. The molecular weight excluding hydrogens is 360 g/mol. The zero-order chi connectivity index (χ0) is 18.6. The summed E-state index contributed by atoms with van der Waals surface area (Å²) in [5.41, 5.74) is 0.0155. The Morgan fingerprint density at radius 2 is 1.85 bits per heavy atom. The second-order valence-electron chi connectivity index (χ2n) is 5.86. The third-order valence-electron chi connectivity index (χ3n) is 4.25. The van der Waals surface area contributed by atoms with E-state index < -0.39 is 11.2 Å². The number of hydrogen-bond donors (Lipinski definition) is 0. The van der Waals surface area contributed by atoms with Gasteiger partial charge in [0.1, 0.15) is 5.65 Å². The second-order valence-corrected chi connectivity index (χ2v) is 6.20. The van der Waals surface area contributed by atoms with Gasteiger partial charge in [-0.1, -0.05) is 6.07 Å². The number of fused-ring (bicyclic) bond motifs is 2. The predicted molar refractivity (Wildman–Crippen MR) is 95.8 cm³/mol. The molecule has 132 valence electrons. The number of aryl methyl sites for hydroxylation is 1. The van der Waals surface area contributed by atoms with Gasteiger partial charge in [0, 0.05) is 26.4 Å². The molecule has 0 aromatic carbocycles. The summed E-state index contributed by atoms with van der Waals surface area (Å²) < 4.78 is 5.10. The third-order valence-corrected chi connectivity index (χ3v) is 4.53. The van der Waals surface area contributed by atoms with E-state index in [-0.39, 0.29) is 28.6 Å². The van der Waals surface area contributed by atoms with Crippen molar-refractivity contribution >= 4 is 28.4 Å². The molecule has 9 nitrogen and oxygen atoms in total. The van der Waals surface area contributed by atoms with Gasteiger partial charge >= 0.3 is 5.69 Å². The molecule has 4 heterocycles. The Kier molecular flexibility index (Phi) is 3.55. The highest BCUT2D eigenvalue weighted by Gasteiger charge is 2.18. The molecule has 0 bridgehead atoms. The van der Waals surface area contributed by atoms with Crippen LogP contribution in [-0.2, 0) is 20.6 Å². The van der Waals surface area contributed by atoms with Gasteiger partial charge in [0.15, 0.2) is 11.2 Å². The van der Waals surface area contributed by atoms with E-state index in [4.69, 9.17) is 11.6 Å². The first-order chi connectivity index (χ1) is 12.4. The average molecular weight is 373 g/mol. The van der Waals surface area contributed by atoms with Crippen LogP contribution in [0, 0.1) is 0 Å². The fourth-order valence-corrected chi connectivity index (χ4v) is 3.13. The molecule has 0 aliphatic carbocycles. The molecule has 0 radical (unpaired) electrons. The van der Waals surface area contributed by atoms with Gasteiger partial charge in [-0.2, -0.15) is 4.98 Å². The standard InChI is InChI=1S/C16H13ClN6O3/c1-20-13-12(14(25)21(2)16(20)26)23(15(17)19-13)8-9-7-11(24)22-6-4-3-5-10(22)18-9/h3-7H,8H2,1-2H3. The lowest BCUT2D eigenvalue weighted by atomic mass is 10.3. The maximum absolute atomic E-state index is 12.5. The van der Waals surface area contributed by atoms with E-state index in [2.05, 4.69) is 9.97 Å². The summed E-state index contributed by atoms with van der Waals surface area (Å²) in [7, 11) is 2.90. The maximum atomic E-state index is 12.5. The van der Waals surface area contributed by atoms with Gasteiger partial charge in [0.2, 0.25) is 5.28 Å². The smallest absolute Gasteiger partial charge is 0.303 e. The third kappa shape index (κ3) is 2.28. The van der Waals surface area contributed by atoms with Crippen LogP contribution in [-0.4, -0.2) is 28.1 Å². The van der Waals surface area contributed by atoms with E-state index in [1.807, 2.05) is 0 Å². The molecule has 0 saturated carbocycles. The normalized spacial score (nSPS) is 11.5. The first-order valence-electron chi connectivity index (χ1n) is 7.67. The van der Waals surface area contributed by atoms with Crippen molar-refractivity contribution in [2.45, 2.75) is 6.54 Å². The average Bonchev–Trinajstić information content (AvgIpc) is 2.95. The second kappa shape index (κ2) is 5.67. The molecule has 0 N–H and O–H groups in total. The first kappa shape index (κ1) is 16.3. The van der Waals surface area contributed by atoms with Gasteiger partial charge in [-0.15, -0.1) is 0 Å². The van der Waals surface area contributed by atoms with Crippen molar-refractivity contribution in [1.29, 1.82) is 0 Å². The maximum Gasteiger partial charge on any atom is 0.332 e. The van der Waals surface area contributed by atoms with Crippen molar-refractivity contribution in [3.05, 3.63) is 72.6 Å². The fourth-order valence-electron chi connectivity index (χ4n) is 2.91. The molecule has 0 spiro atoms. The summed E-state index contributed by atoms with van der Waals surface area (Å²) in [6.07, 6.45) is 1.62. The summed E-state index contributed by atoms with van der Waals surface area (Å²) in [5.74, 6) is 0. The molecule has 26 heavy (non-hydrogen) atoms. The lowest BCUT2D eigenvalue weighted by Crippen LogP contribution is -2.37. The van der Waals surface area contributed by atoms with Crippen LogP contribution in [0.15, 0.2) is 44.8 Å². The van der Waals surface area contributed by atoms with Gasteiger partial charge < -0.3 is 4.57 Å². The van der Waals surface area contributed by atoms with Crippen molar-refractivity contribution in [2.24, 2.45) is 14.1 Å². The van der Waals surface area contributed by atoms with Crippen LogP contribution in [0.4, 0.5) is 0 Å². The Bertz CT molecular complexity index is 1360. The Hall–Kier alpha value is -3.20. The summed E-state index contributed by atoms with van der Waals surface area (Å²) in [4.78, 5) is 45.4. The molecule has 4 rings (SSSR count). The summed E-state index contributed by atoms with van der Waals surface area (Å²) in [5, 5.41) is 0.0355. The number of pyridine rings is 1. The number of imidazole rings is 1. The fraction of sp³-hybridized carbons (Fsp3) is 0.188. The molecule has 4 aromatic rings. The first-order valence-corrected chi connectivity index (χ1v) is 8.05. The predicted octanol–water partition coefficient (Wildman–Crippen LogP) is 0.143. The van der Waals surface area contributed by atoms with Crippen LogP contribution in [0.3, 0.4) is 0 Å². The van der Waals surface area contributed by atoms with Crippen molar-refractivity contribution in [3.63, 3.8) is 0 Å². The Morgan fingerprint density at radius 1 is 1.08 bits per heavy atom. The molecule has 0 amide bonds. The topological polar surface area (TPSA) is 96.2 Å². The van der Waals surface area contributed by atoms with E-state index in [0.29, 0.717) is 11.3 Å². The zero-order valence-corrected chi connectivity index (χ0v) is 14.6. The summed E-state index contributed by atoms with van der Waals surface area (Å²) >= 11 is 6.20. The van der Waals surface area contributed by atoms with E-state index >= 15 is 0 Å². The Morgan fingerprint density at radius 3 is 2.62 bits per heavy atom. The van der Waals surface area contributed by atoms with E-state index in [9.17, 15) is 14.4 Å². The van der Waals surface area contributed by atoms with Crippen molar-refractivity contribution in [3.8, 4) is 0 Å². The Balaban J connectivity index is 1.97. The van der Waals surface area contributed by atoms with Crippen molar-refractivity contribution in [2.75, 3.05) is 0 Å². The molecule has 0 saturated heterocycles. The summed E-state index contributed by atoms with van der Waals surface area (Å²) in [6, 6.07) is 6.60. The van der Waals surface area contributed by atoms with Crippen molar-refractivity contribution in [1.82, 2.24) is 28.1 Å². The van der Waals surface area contributed by atoms with Crippen LogP contribution >= 0.6 is 11.6 Å². The number of halogens is 1.